The van der Waals surface area contributed by atoms with Crippen LogP contribution >= 0.6 is 24.0 Å². The number of hydrogen-bond donors (Lipinski definition) is 1. The first-order chi connectivity index (χ1) is 14.1. The number of likely N-dealkylation sites (tertiary alicyclic amines) is 1. The second kappa shape index (κ2) is 12.0. The predicted molar refractivity (Wildman–Crippen MR) is 131 cm³/mol. The van der Waals surface area contributed by atoms with Gasteiger partial charge < -0.3 is 19.7 Å². The zero-order valence-electron chi connectivity index (χ0n) is 18.4. The standard InChI is InChI=1S/C22H33N5O2.HI/c1-5-29-21-13-17(8-9-20(21)28-4)7-6-11-24-22(23-2)27-12-10-18(16-27)19-14-25-26(3)15-19;/h8-9,13-15,18H,5-7,10-12,16H2,1-4H3,(H,23,24);1H. The van der Waals surface area contributed by atoms with Crippen molar-refractivity contribution in [2.75, 3.05) is 40.4 Å². The van der Waals surface area contributed by atoms with Crippen molar-refractivity contribution in [2.45, 2.75) is 32.1 Å². The van der Waals surface area contributed by atoms with E-state index in [1.807, 2.05) is 38.0 Å². The molecule has 8 heteroatoms. The third-order valence-corrected chi connectivity index (χ3v) is 5.35. The molecule has 1 saturated heterocycles. The molecule has 7 nitrogen and oxygen atoms in total. The van der Waals surface area contributed by atoms with Crippen LogP contribution in [0, 0.1) is 0 Å². The molecule has 2 heterocycles. The van der Waals surface area contributed by atoms with Gasteiger partial charge >= 0.3 is 0 Å². The Morgan fingerprint density at radius 3 is 2.83 bits per heavy atom. The largest absolute Gasteiger partial charge is 0.493 e. The van der Waals surface area contributed by atoms with Crippen LogP contribution in [-0.2, 0) is 13.5 Å². The second-order valence-corrected chi connectivity index (χ2v) is 7.37. The van der Waals surface area contributed by atoms with Crippen molar-refractivity contribution in [1.82, 2.24) is 20.0 Å². The maximum absolute atomic E-state index is 5.67. The number of aryl methyl sites for hydroxylation is 2. The number of methoxy groups -OCH3 is 1. The van der Waals surface area contributed by atoms with Gasteiger partial charge in [-0.1, -0.05) is 6.07 Å². The second-order valence-electron chi connectivity index (χ2n) is 7.37. The predicted octanol–water partition coefficient (Wildman–Crippen LogP) is 3.44. The lowest BCUT2D eigenvalue weighted by atomic mass is 10.0. The molecule has 1 aromatic heterocycles. The Hall–Kier alpha value is -1.97. The van der Waals surface area contributed by atoms with Gasteiger partial charge in [-0.05, 0) is 49.4 Å². The van der Waals surface area contributed by atoms with Crippen LogP contribution in [0.1, 0.15) is 36.8 Å². The molecule has 0 aliphatic carbocycles. The SMILES string of the molecule is CCOc1cc(CCCNC(=NC)N2CCC(c3cnn(C)c3)C2)ccc1OC.I. The minimum atomic E-state index is 0. The summed E-state index contributed by atoms with van der Waals surface area (Å²) < 4.78 is 12.9. The van der Waals surface area contributed by atoms with Gasteiger partial charge in [0.2, 0.25) is 0 Å². The van der Waals surface area contributed by atoms with Gasteiger partial charge in [-0.3, -0.25) is 9.67 Å². The van der Waals surface area contributed by atoms with Crippen LogP contribution in [0.3, 0.4) is 0 Å². The number of hydrogen-bond acceptors (Lipinski definition) is 4. The summed E-state index contributed by atoms with van der Waals surface area (Å²) >= 11 is 0. The summed E-state index contributed by atoms with van der Waals surface area (Å²) in [6.07, 6.45) is 7.24. The van der Waals surface area contributed by atoms with E-state index in [9.17, 15) is 0 Å². The van der Waals surface area contributed by atoms with E-state index in [0.717, 1.165) is 56.4 Å². The number of nitrogens with zero attached hydrogens (tertiary/aromatic N) is 4. The minimum Gasteiger partial charge on any atom is -0.493 e. The smallest absolute Gasteiger partial charge is 0.193 e. The summed E-state index contributed by atoms with van der Waals surface area (Å²) in [5.74, 6) is 3.11. The monoisotopic (exact) mass is 527 g/mol. The van der Waals surface area contributed by atoms with Gasteiger partial charge in [-0.2, -0.15) is 5.10 Å². The van der Waals surface area contributed by atoms with E-state index in [4.69, 9.17) is 9.47 Å². The van der Waals surface area contributed by atoms with Crippen LogP contribution in [0.25, 0.3) is 0 Å². The average Bonchev–Trinajstić information content (AvgIpc) is 3.38. The van der Waals surface area contributed by atoms with Crippen LogP contribution in [0.15, 0.2) is 35.6 Å². The van der Waals surface area contributed by atoms with Gasteiger partial charge in [0.25, 0.3) is 0 Å². The van der Waals surface area contributed by atoms with E-state index < -0.39 is 0 Å². The van der Waals surface area contributed by atoms with Gasteiger partial charge in [-0.25, -0.2) is 0 Å². The summed E-state index contributed by atoms with van der Waals surface area (Å²) in [5, 5.41) is 7.83. The molecule has 0 saturated carbocycles. The van der Waals surface area contributed by atoms with Gasteiger partial charge in [0.1, 0.15) is 0 Å². The Kier molecular flexibility index (Phi) is 9.74. The molecule has 1 atom stereocenters. The molecule has 2 aromatic rings. The van der Waals surface area contributed by atoms with Crippen LogP contribution in [0.2, 0.25) is 0 Å². The van der Waals surface area contributed by atoms with E-state index >= 15 is 0 Å². The Bertz CT molecular complexity index is 824. The van der Waals surface area contributed by atoms with E-state index in [-0.39, 0.29) is 24.0 Å². The molecule has 1 aromatic carbocycles. The Labute approximate surface area is 196 Å². The van der Waals surface area contributed by atoms with Crippen LogP contribution < -0.4 is 14.8 Å². The summed E-state index contributed by atoms with van der Waals surface area (Å²) in [4.78, 5) is 6.83. The highest BCUT2D eigenvalue weighted by molar-refractivity contribution is 14.0. The molecule has 3 rings (SSSR count). The molecule has 0 spiro atoms. The maximum Gasteiger partial charge on any atom is 0.193 e. The van der Waals surface area contributed by atoms with E-state index in [2.05, 4.69) is 38.6 Å². The third-order valence-electron chi connectivity index (χ3n) is 5.35. The number of halogens is 1. The normalized spacial score (nSPS) is 16.3. The highest BCUT2D eigenvalue weighted by atomic mass is 127. The van der Waals surface area contributed by atoms with Crippen LogP contribution in [0.4, 0.5) is 0 Å². The lowest BCUT2D eigenvalue weighted by molar-refractivity contribution is 0.310. The van der Waals surface area contributed by atoms with Crippen molar-refractivity contribution < 1.29 is 9.47 Å². The quantitative estimate of drug-likeness (QED) is 0.247. The molecule has 1 fully saturated rings. The zero-order chi connectivity index (χ0) is 20.6. The highest BCUT2D eigenvalue weighted by Crippen LogP contribution is 2.29. The lowest BCUT2D eigenvalue weighted by Crippen LogP contribution is -2.40. The number of rotatable bonds is 8. The zero-order valence-corrected chi connectivity index (χ0v) is 20.8. The van der Waals surface area contributed by atoms with Crippen LogP contribution in [0.5, 0.6) is 11.5 Å². The first kappa shape index (κ1) is 24.3. The molecular weight excluding hydrogens is 493 g/mol. The van der Waals surface area contributed by atoms with Crippen molar-refractivity contribution >= 4 is 29.9 Å². The van der Waals surface area contributed by atoms with Crippen molar-refractivity contribution in [3.63, 3.8) is 0 Å². The fraction of sp³-hybridized carbons (Fsp3) is 0.545. The minimum absolute atomic E-state index is 0. The molecule has 1 N–H and O–H groups in total. The Morgan fingerprint density at radius 1 is 1.33 bits per heavy atom. The number of aromatic nitrogens is 2. The molecule has 0 bridgehead atoms. The average molecular weight is 527 g/mol. The van der Waals surface area contributed by atoms with E-state index in [0.29, 0.717) is 12.5 Å². The van der Waals surface area contributed by atoms with Crippen LogP contribution in [-0.4, -0.2) is 61.0 Å². The molecule has 1 unspecified atom stereocenters. The van der Waals surface area contributed by atoms with E-state index in [1.165, 1.54) is 11.1 Å². The maximum atomic E-state index is 5.67. The van der Waals surface area contributed by atoms with Crippen molar-refractivity contribution in [2.24, 2.45) is 12.0 Å². The molecule has 1 aliphatic rings. The topological polar surface area (TPSA) is 63.9 Å². The fourth-order valence-corrected chi connectivity index (χ4v) is 3.85. The van der Waals surface area contributed by atoms with Crippen molar-refractivity contribution in [3.8, 4) is 11.5 Å². The van der Waals surface area contributed by atoms with Gasteiger partial charge in [-0.15, -0.1) is 24.0 Å². The third kappa shape index (κ3) is 6.26. The summed E-state index contributed by atoms with van der Waals surface area (Å²) in [6.45, 7) is 5.51. The number of guanidine groups is 1. The molecular formula is C22H34IN5O2. The summed E-state index contributed by atoms with van der Waals surface area (Å²) in [5.41, 5.74) is 2.57. The summed E-state index contributed by atoms with van der Waals surface area (Å²) in [7, 11) is 5.50. The van der Waals surface area contributed by atoms with Gasteiger partial charge in [0.15, 0.2) is 17.5 Å². The van der Waals surface area contributed by atoms with E-state index in [1.54, 1.807) is 7.11 Å². The molecule has 1 aliphatic heterocycles. The number of benzene rings is 1. The summed E-state index contributed by atoms with van der Waals surface area (Å²) in [6, 6.07) is 6.17. The Morgan fingerprint density at radius 2 is 2.17 bits per heavy atom. The number of nitrogens with one attached hydrogen (secondary N) is 1. The first-order valence-electron chi connectivity index (χ1n) is 10.4. The number of ether oxygens (including phenoxy) is 2. The highest BCUT2D eigenvalue weighted by Gasteiger charge is 2.26. The molecule has 0 amide bonds. The number of aliphatic imine (C=N–C) groups is 1. The molecule has 166 valence electrons. The lowest BCUT2D eigenvalue weighted by Gasteiger charge is -2.21. The fourth-order valence-electron chi connectivity index (χ4n) is 3.85. The first-order valence-corrected chi connectivity index (χ1v) is 10.4. The molecule has 30 heavy (non-hydrogen) atoms. The van der Waals surface area contributed by atoms with Gasteiger partial charge in [0, 0.05) is 45.8 Å². The van der Waals surface area contributed by atoms with Crippen molar-refractivity contribution in [1.29, 1.82) is 0 Å². The molecule has 0 radical (unpaired) electrons. The van der Waals surface area contributed by atoms with Gasteiger partial charge in [0.05, 0.1) is 19.9 Å². The Balaban J connectivity index is 0.00000320. The van der Waals surface area contributed by atoms with Crippen molar-refractivity contribution in [3.05, 3.63) is 41.7 Å².